The van der Waals surface area contributed by atoms with Crippen molar-refractivity contribution in [2.45, 2.75) is 39.5 Å². The summed E-state index contributed by atoms with van der Waals surface area (Å²) in [6.45, 7) is 5.26. The first-order valence-electron chi connectivity index (χ1n) is 6.49. The molecule has 0 heterocycles. The molecule has 0 aliphatic heterocycles. The molecule has 1 aromatic carbocycles. The average molecular weight is 233 g/mol. The van der Waals surface area contributed by atoms with Gasteiger partial charge in [0, 0.05) is 6.54 Å². The van der Waals surface area contributed by atoms with E-state index >= 15 is 0 Å². The molecule has 0 unspecified atom stereocenters. The number of amides is 1. The second-order valence-electron chi connectivity index (χ2n) is 4.90. The Bertz CT molecular complexity index is 319. The first-order valence-corrected chi connectivity index (χ1v) is 6.49. The number of rotatable bonds is 7. The lowest BCUT2D eigenvalue weighted by atomic mass is 10.1. The minimum atomic E-state index is 0.126. The van der Waals surface area contributed by atoms with E-state index < -0.39 is 0 Å². The minimum Gasteiger partial charge on any atom is -0.356 e. The van der Waals surface area contributed by atoms with E-state index in [2.05, 4.69) is 19.2 Å². The Morgan fingerprint density at radius 3 is 2.53 bits per heavy atom. The third-order valence-electron chi connectivity index (χ3n) is 2.74. The number of nitrogens with one attached hydrogen (secondary N) is 1. The molecule has 0 radical (unpaired) electrons. The average Bonchev–Trinajstić information content (AvgIpc) is 2.29. The number of benzene rings is 1. The third kappa shape index (κ3) is 6.77. The summed E-state index contributed by atoms with van der Waals surface area (Å²) in [5, 5.41) is 2.97. The summed E-state index contributed by atoms with van der Waals surface area (Å²) in [7, 11) is 0. The first kappa shape index (κ1) is 13.8. The van der Waals surface area contributed by atoms with Crippen molar-refractivity contribution in [1.29, 1.82) is 0 Å². The van der Waals surface area contributed by atoms with Gasteiger partial charge in [-0.1, -0.05) is 57.0 Å². The van der Waals surface area contributed by atoms with Gasteiger partial charge in [0.1, 0.15) is 0 Å². The lowest BCUT2D eigenvalue weighted by molar-refractivity contribution is -0.120. The smallest absolute Gasteiger partial charge is 0.224 e. The van der Waals surface area contributed by atoms with E-state index in [1.54, 1.807) is 0 Å². The molecule has 1 amide bonds. The van der Waals surface area contributed by atoms with E-state index in [1.807, 2.05) is 30.3 Å². The molecule has 0 bridgehead atoms. The van der Waals surface area contributed by atoms with Crippen LogP contribution in [0.4, 0.5) is 0 Å². The monoisotopic (exact) mass is 233 g/mol. The fourth-order valence-corrected chi connectivity index (χ4v) is 1.75. The third-order valence-corrected chi connectivity index (χ3v) is 2.74. The second-order valence-corrected chi connectivity index (χ2v) is 4.90. The number of hydrogen-bond donors (Lipinski definition) is 1. The highest BCUT2D eigenvalue weighted by Gasteiger charge is 2.01. The zero-order chi connectivity index (χ0) is 12.5. The topological polar surface area (TPSA) is 29.1 Å². The van der Waals surface area contributed by atoms with Crippen LogP contribution in [0.5, 0.6) is 0 Å². The molecule has 94 valence electrons. The van der Waals surface area contributed by atoms with Crippen molar-refractivity contribution in [2.24, 2.45) is 5.92 Å². The highest BCUT2D eigenvalue weighted by Crippen LogP contribution is 2.05. The molecule has 0 fully saturated rings. The fraction of sp³-hybridized carbons (Fsp3) is 0.533. The van der Waals surface area contributed by atoms with Crippen LogP contribution in [0.15, 0.2) is 30.3 Å². The molecule has 2 nitrogen and oxygen atoms in total. The molecule has 0 atom stereocenters. The summed E-state index contributed by atoms with van der Waals surface area (Å²) in [4.78, 5) is 11.6. The maximum atomic E-state index is 11.6. The summed E-state index contributed by atoms with van der Waals surface area (Å²) in [6.07, 6.45) is 4.02. The molecular formula is C15H23NO. The van der Waals surface area contributed by atoms with Crippen LogP contribution in [0, 0.1) is 5.92 Å². The highest BCUT2D eigenvalue weighted by atomic mass is 16.1. The van der Waals surface area contributed by atoms with E-state index in [-0.39, 0.29) is 5.91 Å². The van der Waals surface area contributed by atoms with Gasteiger partial charge in [-0.3, -0.25) is 4.79 Å². The Hall–Kier alpha value is -1.31. The van der Waals surface area contributed by atoms with Crippen LogP contribution in [0.2, 0.25) is 0 Å². The number of carbonyl (C=O) groups is 1. The van der Waals surface area contributed by atoms with E-state index in [0.29, 0.717) is 6.42 Å². The molecule has 2 heteroatoms. The fourth-order valence-electron chi connectivity index (χ4n) is 1.75. The predicted octanol–water partition coefficient (Wildman–Crippen LogP) is 3.17. The lowest BCUT2D eigenvalue weighted by Gasteiger charge is -2.06. The standard InChI is InChI=1S/C15H23NO/c1-13(2)8-6-7-11-16-15(17)12-14-9-4-3-5-10-14/h3-5,9-10,13H,6-8,11-12H2,1-2H3,(H,16,17). The molecular weight excluding hydrogens is 210 g/mol. The van der Waals surface area contributed by atoms with Gasteiger partial charge in [-0.2, -0.15) is 0 Å². The van der Waals surface area contributed by atoms with Crippen LogP contribution in [-0.4, -0.2) is 12.5 Å². The SMILES string of the molecule is CC(C)CCCCNC(=O)Cc1ccccc1. The summed E-state index contributed by atoms with van der Waals surface area (Å²) in [5.41, 5.74) is 1.08. The van der Waals surface area contributed by atoms with Gasteiger partial charge in [-0.05, 0) is 17.9 Å². The largest absolute Gasteiger partial charge is 0.356 e. The predicted molar refractivity (Wildman–Crippen MR) is 71.8 cm³/mol. The van der Waals surface area contributed by atoms with Gasteiger partial charge in [0.05, 0.1) is 6.42 Å². The molecule has 0 aromatic heterocycles. The van der Waals surface area contributed by atoms with Gasteiger partial charge in [-0.25, -0.2) is 0 Å². The molecule has 0 spiro atoms. The van der Waals surface area contributed by atoms with Gasteiger partial charge < -0.3 is 5.32 Å². The Morgan fingerprint density at radius 1 is 1.18 bits per heavy atom. The van der Waals surface area contributed by atoms with Gasteiger partial charge in [0.2, 0.25) is 5.91 Å². The van der Waals surface area contributed by atoms with Crippen molar-refractivity contribution in [3.8, 4) is 0 Å². The van der Waals surface area contributed by atoms with Crippen LogP contribution >= 0.6 is 0 Å². The van der Waals surface area contributed by atoms with Crippen molar-refractivity contribution >= 4 is 5.91 Å². The minimum absolute atomic E-state index is 0.126. The molecule has 1 rings (SSSR count). The zero-order valence-corrected chi connectivity index (χ0v) is 10.9. The van der Waals surface area contributed by atoms with E-state index in [0.717, 1.165) is 24.4 Å². The normalized spacial score (nSPS) is 10.5. The van der Waals surface area contributed by atoms with Gasteiger partial charge >= 0.3 is 0 Å². The Kier molecular flexibility index (Phi) is 6.38. The molecule has 0 aliphatic rings. The highest BCUT2D eigenvalue weighted by molar-refractivity contribution is 5.78. The summed E-state index contributed by atoms with van der Waals surface area (Å²) < 4.78 is 0. The Balaban J connectivity index is 2.10. The van der Waals surface area contributed by atoms with Gasteiger partial charge in [0.25, 0.3) is 0 Å². The van der Waals surface area contributed by atoms with Crippen LogP contribution in [0.3, 0.4) is 0 Å². The quantitative estimate of drug-likeness (QED) is 0.720. The Morgan fingerprint density at radius 2 is 1.88 bits per heavy atom. The van der Waals surface area contributed by atoms with Crippen LogP contribution in [0.25, 0.3) is 0 Å². The number of hydrogen-bond acceptors (Lipinski definition) is 1. The molecule has 1 aromatic rings. The molecule has 0 aliphatic carbocycles. The Labute approximate surface area is 104 Å². The zero-order valence-electron chi connectivity index (χ0n) is 10.9. The molecule has 1 N–H and O–H groups in total. The van der Waals surface area contributed by atoms with E-state index in [4.69, 9.17) is 0 Å². The maximum absolute atomic E-state index is 11.6. The van der Waals surface area contributed by atoms with Gasteiger partial charge in [0.15, 0.2) is 0 Å². The molecule has 17 heavy (non-hydrogen) atoms. The van der Waals surface area contributed by atoms with Gasteiger partial charge in [-0.15, -0.1) is 0 Å². The van der Waals surface area contributed by atoms with Crippen molar-refractivity contribution in [1.82, 2.24) is 5.32 Å². The number of carbonyl (C=O) groups excluding carboxylic acids is 1. The van der Waals surface area contributed by atoms with E-state index in [1.165, 1.54) is 12.8 Å². The lowest BCUT2D eigenvalue weighted by Crippen LogP contribution is -2.26. The summed E-state index contributed by atoms with van der Waals surface area (Å²) >= 11 is 0. The van der Waals surface area contributed by atoms with Crippen LogP contribution < -0.4 is 5.32 Å². The van der Waals surface area contributed by atoms with Crippen molar-refractivity contribution in [3.05, 3.63) is 35.9 Å². The van der Waals surface area contributed by atoms with E-state index in [9.17, 15) is 4.79 Å². The van der Waals surface area contributed by atoms with Crippen molar-refractivity contribution < 1.29 is 4.79 Å². The first-order chi connectivity index (χ1) is 8.18. The molecule has 0 saturated heterocycles. The molecule has 0 saturated carbocycles. The van der Waals surface area contributed by atoms with Crippen molar-refractivity contribution in [2.75, 3.05) is 6.54 Å². The summed E-state index contributed by atoms with van der Waals surface area (Å²) in [5.74, 6) is 0.885. The second kappa shape index (κ2) is 7.88. The maximum Gasteiger partial charge on any atom is 0.224 e. The van der Waals surface area contributed by atoms with Crippen LogP contribution in [-0.2, 0) is 11.2 Å². The van der Waals surface area contributed by atoms with Crippen LogP contribution in [0.1, 0.15) is 38.7 Å². The number of unbranched alkanes of at least 4 members (excludes halogenated alkanes) is 1. The summed E-state index contributed by atoms with van der Waals surface area (Å²) in [6, 6.07) is 9.86. The van der Waals surface area contributed by atoms with Crippen molar-refractivity contribution in [3.63, 3.8) is 0 Å².